The van der Waals surface area contributed by atoms with Gasteiger partial charge in [-0.15, -0.1) is 0 Å². The van der Waals surface area contributed by atoms with Crippen molar-refractivity contribution in [2.45, 2.75) is 46.0 Å². The Labute approximate surface area is 230 Å². The molecule has 0 aromatic heterocycles. The number of aromatic hydroxyl groups is 1. The molecule has 0 aliphatic rings. The van der Waals surface area contributed by atoms with E-state index in [2.05, 4.69) is 0 Å². The van der Waals surface area contributed by atoms with E-state index in [1.165, 1.54) is 0 Å². The van der Waals surface area contributed by atoms with Crippen LogP contribution in [-0.4, -0.2) is 29.8 Å². The van der Waals surface area contributed by atoms with Gasteiger partial charge in [0.15, 0.2) is 6.29 Å². The minimum absolute atomic E-state index is 0.242. The van der Waals surface area contributed by atoms with Crippen molar-refractivity contribution in [3.63, 3.8) is 0 Å². The Bertz CT molecular complexity index is 1250. The zero-order valence-electron chi connectivity index (χ0n) is 22.9. The van der Waals surface area contributed by atoms with Gasteiger partial charge in [-0.05, 0) is 80.3 Å². The van der Waals surface area contributed by atoms with Gasteiger partial charge in [-0.2, -0.15) is 0 Å². The lowest BCUT2D eigenvalue weighted by atomic mass is 9.97. The van der Waals surface area contributed by atoms with Crippen LogP contribution in [0.25, 0.3) is 18.2 Å². The fraction of sp³-hybridized carbons (Fsp3) is 0.242. The Hall–Kier alpha value is -4.29. The van der Waals surface area contributed by atoms with Gasteiger partial charge in [0.1, 0.15) is 17.1 Å². The summed E-state index contributed by atoms with van der Waals surface area (Å²) in [6, 6.07) is 22.1. The van der Waals surface area contributed by atoms with Crippen LogP contribution in [-0.2, 0) is 20.6 Å². The number of rotatable bonds is 12. The van der Waals surface area contributed by atoms with E-state index in [-0.39, 0.29) is 12.0 Å². The predicted octanol–water partition coefficient (Wildman–Crippen LogP) is 8.03. The van der Waals surface area contributed by atoms with Crippen molar-refractivity contribution in [3.8, 4) is 11.5 Å². The third-order valence-electron chi connectivity index (χ3n) is 5.56. The van der Waals surface area contributed by atoms with Crippen molar-refractivity contribution in [3.05, 3.63) is 113 Å². The van der Waals surface area contributed by atoms with E-state index in [0.29, 0.717) is 18.8 Å². The standard InChI is InChI=1S/C33H36O6/c1-5-36-25(2)37-23-22-28-10-12-29(13-11-28)24-33(3,4)39-32(35)38-31-20-16-27(17-21-31)9-7-6-8-26-14-18-30(34)19-15-26/h6-23,25,34H,5,24H2,1-4H3. The van der Waals surface area contributed by atoms with Crippen molar-refractivity contribution in [2.24, 2.45) is 0 Å². The number of carbonyl (C=O) groups is 1. The summed E-state index contributed by atoms with van der Waals surface area (Å²) in [6.45, 7) is 8.07. The van der Waals surface area contributed by atoms with Gasteiger partial charge in [0.05, 0.1) is 6.26 Å². The molecule has 0 amide bonds. The van der Waals surface area contributed by atoms with Gasteiger partial charge in [0, 0.05) is 13.0 Å². The Morgan fingerprint density at radius 2 is 1.38 bits per heavy atom. The molecule has 0 fully saturated rings. The molecular formula is C33H36O6. The maximum absolute atomic E-state index is 12.4. The molecule has 3 aromatic carbocycles. The lowest BCUT2D eigenvalue weighted by Crippen LogP contribution is -2.32. The van der Waals surface area contributed by atoms with E-state index in [1.807, 2.05) is 107 Å². The van der Waals surface area contributed by atoms with E-state index in [1.54, 1.807) is 30.5 Å². The molecule has 1 atom stereocenters. The van der Waals surface area contributed by atoms with Crippen LogP contribution < -0.4 is 4.74 Å². The molecule has 6 heteroatoms. The van der Waals surface area contributed by atoms with Gasteiger partial charge < -0.3 is 24.1 Å². The number of phenolic OH excluding ortho intramolecular Hbond substituents is 1. The van der Waals surface area contributed by atoms with E-state index >= 15 is 0 Å². The van der Waals surface area contributed by atoms with Crippen molar-refractivity contribution in [1.29, 1.82) is 0 Å². The molecule has 1 N–H and O–H groups in total. The second-order valence-corrected chi connectivity index (χ2v) is 9.47. The molecule has 0 spiro atoms. The van der Waals surface area contributed by atoms with Crippen molar-refractivity contribution in [1.82, 2.24) is 0 Å². The number of benzene rings is 3. The number of allylic oxidation sites excluding steroid dienone is 2. The van der Waals surface area contributed by atoms with Gasteiger partial charge in [-0.1, -0.05) is 72.8 Å². The molecule has 0 bridgehead atoms. The maximum Gasteiger partial charge on any atom is 0.514 e. The summed E-state index contributed by atoms with van der Waals surface area (Å²) in [6.07, 6.45) is 10.7. The summed E-state index contributed by atoms with van der Waals surface area (Å²) in [5.74, 6) is 0.649. The minimum Gasteiger partial charge on any atom is -0.508 e. The molecular weight excluding hydrogens is 492 g/mol. The fourth-order valence-corrected chi connectivity index (χ4v) is 3.69. The Morgan fingerprint density at radius 1 is 0.846 bits per heavy atom. The summed E-state index contributed by atoms with van der Waals surface area (Å²) < 4.78 is 21.8. The Morgan fingerprint density at radius 3 is 1.97 bits per heavy atom. The molecule has 3 rings (SSSR count). The minimum atomic E-state index is -0.753. The molecule has 3 aromatic rings. The molecule has 0 aliphatic carbocycles. The number of carbonyl (C=O) groups excluding carboxylic acids is 1. The van der Waals surface area contributed by atoms with Crippen LogP contribution in [0, 0.1) is 0 Å². The third kappa shape index (κ3) is 10.9. The number of phenols is 1. The summed E-state index contributed by atoms with van der Waals surface area (Å²) >= 11 is 0. The van der Waals surface area contributed by atoms with Gasteiger partial charge in [-0.3, -0.25) is 0 Å². The molecule has 0 saturated heterocycles. The van der Waals surface area contributed by atoms with Crippen molar-refractivity contribution >= 4 is 24.4 Å². The summed E-state index contributed by atoms with van der Waals surface area (Å²) in [5.41, 5.74) is 3.22. The third-order valence-corrected chi connectivity index (χ3v) is 5.56. The molecule has 0 heterocycles. The molecule has 1 unspecified atom stereocenters. The second-order valence-electron chi connectivity index (χ2n) is 9.47. The number of hydrogen-bond donors (Lipinski definition) is 1. The van der Waals surface area contributed by atoms with E-state index < -0.39 is 11.8 Å². The highest BCUT2D eigenvalue weighted by Crippen LogP contribution is 2.21. The average Bonchev–Trinajstić information content (AvgIpc) is 2.89. The largest absolute Gasteiger partial charge is 0.514 e. The lowest BCUT2D eigenvalue weighted by Gasteiger charge is -2.24. The second kappa shape index (κ2) is 14.6. The Balaban J connectivity index is 1.45. The topological polar surface area (TPSA) is 74.2 Å². The zero-order valence-corrected chi connectivity index (χ0v) is 22.9. The first-order valence-electron chi connectivity index (χ1n) is 12.9. The van der Waals surface area contributed by atoms with E-state index in [0.717, 1.165) is 22.3 Å². The lowest BCUT2D eigenvalue weighted by molar-refractivity contribution is -0.0874. The fourth-order valence-electron chi connectivity index (χ4n) is 3.69. The zero-order chi connectivity index (χ0) is 28.1. The summed E-state index contributed by atoms with van der Waals surface area (Å²) in [5, 5.41) is 9.34. The van der Waals surface area contributed by atoms with Crippen LogP contribution in [0.3, 0.4) is 0 Å². The van der Waals surface area contributed by atoms with Crippen molar-refractivity contribution in [2.75, 3.05) is 6.61 Å². The van der Waals surface area contributed by atoms with Gasteiger partial charge in [0.25, 0.3) is 0 Å². The molecule has 0 aliphatic heterocycles. The smallest absolute Gasteiger partial charge is 0.508 e. The quantitative estimate of drug-likeness (QED) is 0.0843. The van der Waals surface area contributed by atoms with Crippen LogP contribution in [0.5, 0.6) is 11.5 Å². The first-order chi connectivity index (χ1) is 18.7. The normalized spacial score (nSPS) is 12.7. The molecule has 204 valence electrons. The number of hydrogen-bond acceptors (Lipinski definition) is 6. The van der Waals surface area contributed by atoms with Crippen LogP contribution in [0.1, 0.15) is 49.9 Å². The van der Waals surface area contributed by atoms with E-state index in [9.17, 15) is 9.90 Å². The first kappa shape index (κ1) is 29.3. The molecule has 0 radical (unpaired) electrons. The number of ether oxygens (including phenoxy) is 4. The highest BCUT2D eigenvalue weighted by atomic mass is 16.7. The molecule has 0 saturated carbocycles. The maximum atomic E-state index is 12.4. The van der Waals surface area contributed by atoms with Crippen LogP contribution in [0.4, 0.5) is 4.79 Å². The highest BCUT2D eigenvalue weighted by molar-refractivity contribution is 5.65. The van der Waals surface area contributed by atoms with Gasteiger partial charge in [-0.25, -0.2) is 4.79 Å². The highest BCUT2D eigenvalue weighted by Gasteiger charge is 2.25. The van der Waals surface area contributed by atoms with Crippen LogP contribution in [0.15, 0.2) is 91.2 Å². The first-order valence-corrected chi connectivity index (χ1v) is 12.9. The van der Waals surface area contributed by atoms with E-state index in [4.69, 9.17) is 18.9 Å². The van der Waals surface area contributed by atoms with Crippen molar-refractivity contribution < 1.29 is 28.8 Å². The summed E-state index contributed by atoms with van der Waals surface area (Å²) in [7, 11) is 0. The summed E-state index contributed by atoms with van der Waals surface area (Å²) in [4.78, 5) is 12.4. The molecule has 6 nitrogen and oxygen atoms in total. The van der Waals surface area contributed by atoms with Gasteiger partial charge >= 0.3 is 6.16 Å². The predicted molar refractivity (Wildman–Crippen MR) is 155 cm³/mol. The Kier molecular flexibility index (Phi) is 11.0. The van der Waals surface area contributed by atoms with Crippen LogP contribution >= 0.6 is 0 Å². The van der Waals surface area contributed by atoms with Crippen LogP contribution in [0.2, 0.25) is 0 Å². The monoisotopic (exact) mass is 528 g/mol. The SMILES string of the molecule is CCOC(C)OC=Cc1ccc(CC(C)(C)OC(=O)Oc2ccc(C=CC=Cc3ccc(O)cc3)cc2)cc1. The molecule has 39 heavy (non-hydrogen) atoms. The van der Waals surface area contributed by atoms with Gasteiger partial charge in [0.2, 0.25) is 0 Å². The average molecular weight is 529 g/mol.